The van der Waals surface area contributed by atoms with E-state index in [1.807, 2.05) is 13.8 Å². The summed E-state index contributed by atoms with van der Waals surface area (Å²) in [5.41, 5.74) is -0.840. The van der Waals surface area contributed by atoms with Crippen LogP contribution >= 0.6 is 0 Å². The number of rotatable bonds is 3. The lowest BCUT2D eigenvalue weighted by atomic mass is 9.83. The van der Waals surface area contributed by atoms with Gasteiger partial charge in [0, 0.05) is 5.92 Å². The van der Waals surface area contributed by atoms with Crippen molar-refractivity contribution in [2.75, 3.05) is 13.2 Å². The van der Waals surface area contributed by atoms with Crippen molar-refractivity contribution in [3.05, 3.63) is 0 Å². The third-order valence-electron chi connectivity index (χ3n) is 3.81. The molecular weight excluding hydrogens is 224 g/mol. The van der Waals surface area contributed by atoms with Crippen LogP contribution in [-0.4, -0.2) is 53.4 Å². The highest BCUT2D eigenvalue weighted by Gasteiger charge is 2.63. The van der Waals surface area contributed by atoms with Gasteiger partial charge in [0.05, 0.1) is 19.3 Å². The Bertz CT molecular complexity index is 319. The van der Waals surface area contributed by atoms with Crippen molar-refractivity contribution < 1.29 is 24.4 Å². The maximum absolute atomic E-state index is 10.2. The minimum atomic E-state index is -0.856. The Morgan fingerprint density at radius 3 is 2.65 bits per heavy atom. The first-order chi connectivity index (χ1) is 8.03. The summed E-state index contributed by atoms with van der Waals surface area (Å²) in [7, 11) is 0. The molecule has 2 heterocycles. The fraction of sp³-hybridized carbons (Fsp3) is 0.833. The summed E-state index contributed by atoms with van der Waals surface area (Å²) in [4.78, 5) is 0. The molecule has 2 aliphatic rings. The van der Waals surface area contributed by atoms with Crippen LogP contribution in [0.5, 0.6) is 0 Å². The van der Waals surface area contributed by atoms with E-state index in [9.17, 15) is 10.2 Å². The van der Waals surface area contributed by atoms with Gasteiger partial charge in [-0.2, -0.15) is 0 Å². The highest BCUT2D eigenvalue weighted by molar-refractivity contribution is 5.10. The Hall–Kier alpha value is -0.800. The molecule has 2 fully saturated rings. The molecule has 6 atom stereocenters. The summed E-state index contributed by atoms with van der Waals surface area (Å²) in [6.07, 6.45) is 4.91. The van der Waals surface area contributed by atoms with Gasteiger partial charge in [0.1, 0.15) is 30.0 Å². The smallest absolute Gasteiger partial charge is 0.148 e. The van der Waals surface area contributed by atoms with Crippen LogP contribution in [0.15, 0.2) is 0 Å². The molecule has 0 aromatic rings. The molecule has 2 rings (SSSR count). The fourth-order valence-corrected chi connectivity index (χ4v) is 2.28. The van der Waals surface area contributed by atoms with Gasteiger partial charge < -0.3 is 24.4 Å². The van der Waals surface area contributed by atoms with Crippen LogP contribution in [0.1, 0.15) is 13.8 Å². The molecule has 0 bridgehead atoms. The SMILES string of the molecule is C#COC(C)C(C)C1OCC(O)C2(CO2)C1O. The summed E-state index contributed by atoms with van der Waals surface area (Å²) in [6, 6.07) is 0. The van der Waals surface area contributed by atoms with Crippen molar-refractivity contribution in [3.8, 4) is 12.5 Å². The van der Waals surface area contributed by atoms with Crippen molar-refractivity contribution in [2.24, 2.45) is 5.92 Å². The third kappa shape index (κ3) is 2.02. The molecule has 0 aliphatic carbocycles. The monoisotopic (exact) mass is 242 g/mol. The topological polar surface area (TPSA) is 71.5 Å². The highest BCUT2D eigenvalue weighted by atomic mass is 16.6. The highest BCUT2D eigenvalue weighted by Crippen LogP contribution is 2.42. The summed E-state index contributed by atoms with van der Waals surface area (Å²) < 4.78 is 15.8. The maximum Gasteiger partial charge on any atom is 0.148 e. The largest absolute Gasteiger partial charge is 0.443 e. The minimum absolute atomic E-state index is 0.0883. The van der Waals surface area contributed by atoms with Crippen molar-refractivity contribution in [1.29, 1.82) is 0 Å². The van der Waals surface area contributed by atoms with Gasteiger partial charge in [-0.1, -0.05) is 13.3 Å². The average Bonchev–Trinajstić information content (AvgIpc) is 3.08. The van der Waals surface area contributed by atoms with Gasteiger partial charge in [-0.3, -0.25) is 0 Å². The van der Waals surface area contributed by atoms with Crippen LogP contribution in [0, 0.1) is 18.4 Å². The number of hydrogen-bond donors (Lipinski definition) is 2. The molecule has 2 N–H and O–H groups in total. The number of aliphatic hydroxyl groups excluding tert-OH is 2. The van der Waals surface area contributed by atoms with Crippen molar-refractivity contribution in [1.82, 2.24) is 0 Å². The predicted octanol–water partition coefficient (Wildman–Crippen LogP) is -0.492. The van der Waals surface area contributed by atoms with E-state index in [1.54, 1.807) is 0 Å². The summed E-state index contributed by atoms with van der Waals surface area (Å²) in [5.74, 6) is -0.0883. The zero-order valence-corrected chi connectivity index (χ0v) is 10.00. The van der Waals surface area contributed by atoms with Crippen LogP contribution in [0.25, 0.3) is 0 Å². The molecule has 96 valence electrons. The minimum Gasteiger partial charge on any atom is -0.443 e. The van der Waals surface area contributed by atoms with E-state index in [4.69, 9.17) is 20.6 Å². The summed E-state index contributed by atoms with van der Waals surface area (Å²) in [6.45, 7) is 4.25. The molecule has 0 radical (unpaired) electrons. The van der Waals surface area contributed by atoms with E-state index in [0.29, 0.717) is 6.61 Å². The van der Waals surface area contributed by atoms with Crippen LogP contribution < -0.4 is 0 Å². The first-order valence-corrected chi connectivity index (χ1v) is 5.76. The first-order valence-electron chi connectivity index (χ1n) is 5.76. The van der Waals surface area contributed by atoms with E-state index in [2.05, 4.69) is 6.11 Å². The zero-order chi connectivity index (χ0) is 12.6. The lowest BCUT2D eigenvalue weighted by Gasteiger charge is -2.40. The van der Waals surface area contributed by atoms with Gasteiger partial charge >= 0.3 is 0 Å². The van der Waals surface area contributed by atoms with Crippen LogP contribution in [0.3, 0.4) is 0 Å². The number of hydrogen-bond acceptors (Lipinski definition) is 5. The van der Waals surface area contributed by atoms with E-state index < -0.39 is 23.9 Å². The maximum atomic E-state index is 10.2. The Kier molecular flexibility index (Phi) is 3.32. The molecule has 2 saturated heterocycles. The zero-order valence-electron chi connectivity index (χ0n) is 10.00. The summed E-state index contributed by atoms with van der Waals surface area (Å²) >= 11 is 0. The normalized spacial score (nSPS) is 43.8. The Balaban J connectivity index is 2.04. The van der Waals surface area contributed by atoms with Gasteiger partial charge in [0.25, 0.3) is 0 Å². The lowest BCUT2D eigenvalue weighted by Crippen LogP contribution is -2.58. The van der Waals surface area contributed by atoms with Gasteiger partial charge in [-0.25, -0.2) is 0 Å². The molecule has 5 heteroatoms. The van der Waals surface area contributed by atoms with Gasteiger partial charge in [0.15, 0.2) is 0 Å². The first kappa shape index (κ1) is 12.7. The Labute approximate surface area is 101 Å². The molecule has 1 spiro atoms. The molecule has 2 aliphatic heterocycles. The molecule has 0 amide bonds. The number of aliphatic hydroxyl groups is 2. The van der Waals surface area contributed by atoms with E-state index in [0.717, 1.165) is 0 Å². The molecule has 6 unspecified atom stereocenters. The van der Waals surface area contributed by atoms with E-state index in [-0.39, 0.29) is 18.6 Å². The Morgan fingerprint density at radius 2 is 2.12 bits per heavy atom. The molecule has 5 nitrogen and oxygen atoms in total. The van der Waals surface area contributed by atoms with E-state index >= 15 is 0 Å². The number of terminal acetylenes is 1. The molecule has 0 aromatic carbocycles. The molecular formula is C12H18O5. The molecule has 0 saturated carbocycles. The van der Waals surface area contributed by atoms with Crippen molar-refractivity contribution in [2.45, 2.75) is 43.9 Å². The number of ether oxygens (including phenoxy) is 3. The number of epoxide rings is 1. The van der Waals surface area contributed by atoms with Crippen molar-refractivity contribution in [3.63, 3.8) is 0 Å². The van der Waals surface area contributed by atoms with Crippen LogP contribution in [0.4, 0.5) is 0 Å². The second-order valence-corrected chi connectivity index (χ2v) is 4.80. The predicted molar refractivity (Wildman–Crippen MR) is 59.0 cm³/mol. The van der Waals surface area contributed by atoms with Crippen LogP contribution in [0.2, 0.25) is 0 Å². The van der Waals surface area contributed by atoms with Crippen molar-refractivity contribution >= 4 is 0 Å². The molecule has 17 heavy (non-hydrogen) atoms. The summed E-state index contributed by atoms with van der Waals surface area (Å²) in [5, 5.41) is 19.9. The second kappa shape index (κ2) is 4.46. The van der Waals surface area contributed by atoms with Gasteiger partial charge in [-0.15, -0.1) is 0 Å². The van der Waals surface area contributed by atoms with E-state index in [1.165, 1.54) is 0 Å². The second-order valence-electron chi connectivity index (χ2n) is 4.80. The van der Waals surface area contributed by atoms with Crippen LogP contribution in [-0.2, 0) is 14.2 Å². The van der Waals surface area contributed by atoms with Gasteiger partial charge in [-0.05, 0) is 6.92 Å². The fourth-order valence-electron chi connectivity index (χ4n) is 2.28. The quantitative estimate of drug-likeness (QED) is 0.516. The average molecular weight is 242 g/mol. The Morgan fingerprint density at radius 1 is 1.47 bits per heavy atom. The third-order valence-corrected chi connectivity index (χ3v) is 3.81. The molecule has 0 aromatic heterocycles. The standard InChI is InChI=1S/C12H18O5/c1-4-15-8(3)7(2)10-11(14)12(6-17-12)9(13)5-16-10/h1,7-11,13-14H,5-6H2,2-3H3. The lowest BCUT2D eigenvalue weighted by molar-refractivity contribution is -0.190. The van der Waals surface area contributed by atoms with Gasteiger partial charge in [0.2, 0.25) is 0 Å².